The van der Waals surface area contributed by atoms with E-state index in [0.717, 1.165) is 29.8 Å². The molecule has 0 saturated heterocycles. The van der Waals surface area contributed by atoms with Crippen LogP contribution < -0.4 is 0 Å². The Labute approximate surface area is 99.0 Å². The van der Waals surface area contributed by atoms with Crippen LogP contribution in [0.2, 0.25) is 0 Å². The van der Waals surface area contributed by atoms with Crippen LogP contribution in [-0.4, -0.2) is 6.16 Å². The highest BCUT2D eigenvalue weighted by Gasteiger charge is 2.33. The molecule has 3 heteroatoms. The van der Waals surface area contributed by atoms with E-state index in [9.17, 15) is 0 Å². The van der Waals surface area contributed by atoms with Crippen molar-refractivity contribution in [3.05, 3.63) is 0 Å². The summed E-state index contributed by atoms with van der Waals surface area (Å²) in [5, 5.41) is 0. The average molecular weight is 252 g/mol. The molecule has 4 atom stereocenters. The molecule has 82 valence electrons. The van der Waals surface area contributed by atoms with E-state index in [1.165, 1.54) is 19.3 Å². The number of hydrogen-bond donors (Lipinski definition) is 0. The predicted octanol–water partition coefficient (Wildman–Crippen LogP) is 4.79. The molecule has 0 nitrogen and oxygen atoms in total. The second kappa shape index (κ2) is 5.77. The Morgan fingerprint density at radius 1 is 1.43 bits per heavy atom. The molecular weight excluding hydrogens is 231 g/mol. The van der Waals surface area contributed by atoms with E-state index in [1.807, 2.05) is 0 Å². The van der Waals surface area contributed by atoms with Gasteiger partial charge in [-0.3, -0.25) is 0 Å². The number of halogens is 1. The van der Waals surface area contributed by atoms with Gasteiger partial charge in [0, 0.05) is 5.92 Å². The third-order valence-corrected chi connectivity index (χ3v) is 5.16. The van der Waals surface area contributed by atoms with Crippen LogP contribution in [0.3, 0.4) is 0 Å². The smallest absolute Gasteiger partial charge is 0.0625 e. The molecular formula is C11H21ClPS+. The van der Waals surface area contributed by atoms with Gasteiger partial charge in [0.05, 0.1) is 0 Å². The summed E-state index contributed by atoms with van der Waals surface area (Å²) in [7, 11) is 0. The molecule has 1 aliphatic rings. The van der Waals surface area contributed by atoms with Crippen molar-refractivity contribution >= 4 is 29.1 Å². The van der Waals surface area contributed by atoms with Crippen LogP contribution in [0.15, 0.2) is 0 Å². The van der Waals surface area contributed by atoms with Crippen LogP contribution in [0.4, 0.5) is 0 Å². The zero-order valence-corrected chi connectivity index (χ0v) is 11.8. The van der Waals surface area contributed by atoms with Crippen molar-refractivity contribution in [3.8, 4) is 0 Å². The second-order valence-electron chi connectivity index (χ2n) is 5.09. The summed E-state index contributed by atoms with van der Waals surface area (Å²) in [6, 6.07) is -0.638. The van der Waals surface area contributed by atoms with E-state index in [1.54, 1.807) is 0 Å². The molecule has 0 aliphatic heterocycles. The van der Waals surface area contributed by atoms with Crippen molar-refractivity contribution < 1.29 is 0 Å². The van der Waals surface area contributed by atoms with Crippen molar-refractivity contribution in [3.63, 3.8) is 0 Å². The van der Waals surface area contributed by atoms with Gasteiger partial charge in [-0.15, -0.1) is 0 Å². The first kappa shape index (κ1) is 12.9. The van der Waals surface area contributed by atoms with Crippen LogP contribution in [0.5, 0.6) is 0 Å². The van der Waals surface area contributed by atoms with Gasteiger partial charge in [0.25, 0.3) is 6.05 Å². The van der Waals surface area contributed by atoms with Gasteiger partial charge in [0.1, 0.15) is 6.16 Å². The van der Waals surface area contributed by atoms with Crippen molar-refractivity contribution in [1.29, 1.82) is 0 Å². The largest absolute Gasteiger partial charge is 0.289 e. The first-order valence-corrected chi connectivity index (χ1v) is 9.05. The van der Waals surface area contributed by atoms with Gasteiger partial charge in [-0.25, -0.2) is 0 Å². The van der Waals surface area contributed by atoms with Crippen LogP contribution >= 0.6 is 17.3 Å². The summed E-state index contributed by atoms with van der Waals surface area (Å²) in [5.41, 5.74) is 0. The van der Waals surface area contributed by atoms with Gasteiger partial charge in [0.2, 0.25) is 0 Å². The van der Waals surface area contributed by atoms with Crippen LogP contribution in [0.1, 0.15) is 40.0 Å². The first-order chi connectivity index (χ1) is 6.50. The van der Waals surface area contributed by atoms with Crippen LogP contribution in [-0.2, 0) is 11.8 Å². The second-order valence-corrected chi connectivity index (χ2v) is 9.23. The van der Waals surface area contributed by atoms with E-state index in [0.29, 0.717) is 0 Å². The molecule has 0 bridgehead atoms. The Morgan fingerprint density at radius 3 is 2.57 bits per heavy atom. The summed E-state index contributed by atoms with van der Waals surface area (Å²) >= 11 is 11.2. The molecule has 4 unspecified atom stereocenters. The Balaban J connectivity index is 2.58. The highest BCUT2D eigenvalue weighted by atomic mass is 35.7. The lowest BCUT2D eigenvalue weighted by Crippen LogP contribution is -2.28. The summed E-state index contributed by atoms with van der Waals surface area (Å²) in [4.78, 5) is 0. The molecule has 0 radical (unpaired) electrons. The standard InChI is InChI=1S/C11H21ClPS/c1-8(2)11-5-4-9(3)6-10(11)7-13(12)14/h8-11H,4-7H2,1-3H3/q+1. The molecule has 0 amide bonds. The number of hydrogen-bond acceptors (Lipinski definition) is 1. The van der Waals surface area contributed by atoms with Gasteiger partial charge < -0.3 is 0 Å². The van der Waals surface area contributed by atoms with Crippen LogP contribution in [0, 0.1) is 23.7 Å². The quantitative estimate of drug-likeness (QED) is 0.650. The van der Waals surface area contributed by atoms with E-state index < -0.39 is 6.05 Å². The lowest BCUT2D eigenvalue weighted by atomic mass is 9.71. The van der Waals surface area contributed by atoms with E-state index in [-0.39, 0.29) is 0 Å². The molecule has 0 spiro atoms. The van der Waals surface area contributed by atoms with Gasteiger partial charge in [-0.1, -0.05) is 27.2 Å². The molecule has 0 aromatic carbocycles. The topological polar surface area (TPSA) is 0 Å². The maximum absolute atomic E-state index is 6.01. The van der Waals surface area contributed by atoms with Crippen molar-refractivity contribution in [1.82, 2.24) is 0 Å². The summed E-state index contributed by atoms with van der Waals surface area (Å²) in [6.45, 7) is 7.05. The Kier molecular flexibility index (Phi) is 5.31. The Bertz CT molecular complexity index is 205. The zero-order chi connectivity index (χ0) is 10.7. The normalized spacial score (nSPS) is 34.6. The molecule has 0 N–H and O–H groups in total. The van der Waals surface area contributed by atoms with E-state index in [2.05, 4.69) is 20.8 Å². The minimum Gasteiger partial charge on any atom is -0.0625 e. The van der Waals surface area contributed by atoms with Gasteiger partial charge in [-0.2, -0.15) is 0 Å². The first-order valence-electron chi connectivity index (χ1n) is 5.61. The maximum atomic E-state index is 6.01. The highest BCUT2D eigenvalue weighted by molar-refractivity contribution is 8.17. The Morgan fingerprint density at radius 2 is 2.07 bits per heavy atom. The molecule has 14 heavy (non-hydrogen) atoms. The summed E-state index contributed by atoms with van der Waals surface area (Å²) in [5.74, 6) is 3.36. The van der Waals surface area contributed by atoms with Gasteiger partial charge >= 0.3 is 0 Å². The van der Waals surface area contributed by atoms with Crippen LogP contribution in [0.25, 0.3) is 0 Å². The fraction of sp³-hybridized carbons (Fsp3) is 1.00. The third-order valence-electron chi connectivity index (χ3n) is 3.54. The van der Waals surface area contributed by atoms with E-state index >= 15 is 0 Å². The van der Waals surface area contributed by atoms with E-state index in [4.69, 9.17) is 23.0 Å². The summed E-state index contributed by atoms with van der Waals surface area (Å²) < 4.78 is 0. The molecule has 0 aromatic heterocycles. The fourth-order valence-corrected chi connectivity index (χ4v) is 4.69. The van der Waals surface area contributed by atoms with Crippen molar-refractivity contribution in [2.24, 2.45) is 23.7 Å². The molecule has 1 fully saturated rings. The molecule has 1 aliphatic carbocycles. The molecule has 1 saturated carbocycles. The summed E-state index contributed by atoms with van der Waals surface area (Å²) in [6.07, 6.45) is 5.24. The lowest BCUT2D eigenvalue weighted by molar-refractivity contribution is 0.161. The highest BCUT2D eigenvalue weighted by Crippen LogP contribution is 2.43. The third kappa shape index (κ3) is 3.76. The van der Waals surface area contributed by atoms with Crippen molar-refractivity contribution in [2.75, 3.05) is 6.16 Å². The average Bonchev–Trinajstić information content (AvgIpc) is 2.01. The maximum Gasteiger partial charge on any atom is 0.289 e. The Hall–Kier alpha value is 0.810. The monoisotopic (exact) mass is 251 g/mol. The van der Waals surface area contributed by atoms with Crippen molar-refractivity contribution in [2.45, 2.75) is 40.0 Å². The molecule has 1 rings (SSSR count). The predicted molar refractivity (Wildman–Crippen MR) is 69.8 cm³/mol. The minimum atomic E-state index is -0.638. The fourth-order valence-electron chi connectivity index (χ4n) is 2.79. The molecule has 0 heterocycles. The number of rotatable bonds is 3. The zero-order valence-electron chi connectivity index (χ0n) is 9.37. The van der Waals surface area contributed by atoms with Gasteiger partial charge in [0.15, 0.2) is 23.0 Å². The SMILES string of the molecule is CC1CCC(C(C)C)C(C[P+](=S)Cl)C1. The lowest BCUT2D eigenvalue weighted by Gasteiger charge is -2.35. The minimum absolute atomic E-state index is 0.638. The molecule has 0 aromatic rings. The van der Waals surface area contributed by atoms with Gasteiger partial charge in [-0.05, 0) is 30.6 Å².